The molecule has 0 fully saturated rings. The number of methoxy groups -OCH3 is 2. The average Bonchev–Trinajstić information content (AvgIpc) is 3.12. The first-order valence-electron chi connectivity index (χ1n) is 9.25. The van der Waals surface area contributed by atoms with E-state index in [9.17, 15) is 9.18 Å². The first-order chi connectivity index (χ1) is 14.6. The number of carbonyl (C=O) groups excluding carboxylic acids is 1. The molecule has 2 amide bonds. The van der Waals surface area contributed by atoms with E-state index in [1.807, 2.05) is 24.3 Å². The Kier molecular flexibility index (Phi) is 5.26. The number of rotatable bonds is 5. The minimum absolute atomic E-state index is 0.325. The summed E-state index contributed by atoms with van der Waals surface area (Å²) >= 11 is 0. The lowest BCUT2D eigenvalue weighted by Gasteiger charge is -2.12. The topological polar surface area (TPSA) is 75.4 Å². The molecule has 0 aliphatic rings. The molecule has 3 N–H and O–H groups in total. The van der Waals surface area contributed by atoms with E-state index >= 15 is 0 Å². The van der Waals surface area contributed by atoms with Crippen LogP contribution >= 0.6 is 0 Å². The molecule has 4 rings (SSSR count). The van der Waals surface area contributed by atoms with Crippen LogP contribution in [0.3, 0.4) is 0 Å². The summed E-state index contributed by atoms with van der Waals surface area (Å²) in [5.74, 6) is 0.793. The molecule has 0 unspecified atom stereocenters. The fourth-order valence-corrected chi connectivity index (χ4v) is 3.26. The molecule has 3 aromatic carbocycles. The molecule has 4 aromatic rings. The van der Waals surface area contributed by atoms with Gasteiger partial charge in [-0.3, -0.25) is 0 Å². The van der Waals surface area contributed by atoms with E-state index in [1.54, 1.807) is 44.6 Å². The Morgan fingerprint density at radius 2 is 1.57 bits per heavy atom. The third-order valence-corrected chi connectivity index (χ3v) is 4.69. The number of amides is 2. The molecule has 0 aliphatic carbocycles. The largest absolute Gasteiger partial charge is 0.497 e. The summed E-state index contributed by atoms with van der Waals surface area (Å²) in [4.78, 5) is 16.1. The van der Waals surface area contributed by atoms with Crippen LogP contribution in [0, 0.1) is 5.82 Å². The molecule has 152 valence electrons. The Balaban J connectivity index is 1.67. The summed E-state index contributed by atoms with van der Waals surface area (Å²) in [6.07, 6.45) is 0. The van der Waals surface area contributed by atoms with Gasteiger partial charge in [0.15, 0.2) is 0 Å². The van der Waals surface area contributed by atoms with Crippen molar-refractivity contribution >= 4 is 28.3 Å². The molecule has 7 heteroatoms. The minimum atomic E-state index is -0.432. The van der Waals surface area contributed by atoms with E-state index in [-0.39, 0.29) is 5.82 Å². The molecule has 30 heavy (non-hydrogen) atoms. The van der Waals surface area contributed by atoms with Gasteiger partial charge in [-0.25, -0.2) is 9.18 Å². The van der Waals surface area contributed by atoms with Crippen LogP contribution in [0.25, 0.3) is 22.2 Å². The zero-order chi connectivity index (χ0) is 21.1. The van der Waals surface area contributed by atoms with E-state index < -0.39 is 6.03 Å². The second kappa shape index (κ2) is 8.16. The Labute approximate surface area is 172 Å². The van der Waals surface area contributed by atoms with E-state index in [2.05, 4.69) is 15.6 Å². The number of benzene rings is 3. The maximum Gasteiger partial charge on any atom is 0.323 e. The van der Waals surface area contributed by atoms with Crippen LogP contribution in [0.1, 0.15) is 0 Å². The maximum atomic E-state index is 13.4. The fourth-order valence-electron chi connectivity index (χ4n) is 3.26. The third kappa shape index (κ3) is 3.91. The molecule has 0 radical (unpaired) electrons. The highest BCUT2D eigenvalue weighted by Gasteiger charge is 2.16. The average molecular weight is 405 g/mol. The van der Waals surface area contributed by atoms with Crippen LogP contribution in [-0.4, -0.2) is 25.2 Å². The number of para-hydroxylation sites is 1. The van der Waals surface area contributed by atoms with Crippen LogP contribution in [0.4, 0.5) is 20.6 Å². The van der Waals surface area contributed by atoms with Crippen molar-refractivity contribution in [1.29, 1.82) is 0 Å². The molecule has 1 aromatic heterocycles. The molecule has 0 saturated heterocycles. The summed E-state index contributed by atoms with van der Waals surface area (Å²) in [7, 11) is 3.08. The van der Waals surface area contributed by atoms with Gasteiger partial charge in [0.25, 0.3) is 0 Å². The number of nitrogens with one attached hydrogen (secondary N) is 3. The normalized spacial score (nSPS) is 10.6. The molecule has 0 aliphatic heterocycles. The minimum Gasteiger partial charge on any atom is -0.497 e. The van der Waals surface area contributed by atoms with Gasteiger partial charge in [0.05, 0.1) is 25.6 Å². The Bertz CT molecular complexity index is 1180. The lowest BCUT2D eigenvalue weighted by Crippen LogP contribution is -2.19. The Morgan fingerprint density at radius 3 is 2.23 bits per heavy atom. The van der Waals surface area contributed by atoms with Crippen molar-refractivity contribution in [3.8, 4) is 22.8 Å². The van der Waals surface area contributed by atoms with Gasteiger partial charge in [-0.1, -0.05) is 18.2 Å². The molecule has 0 spiro atoms. The maximum absolute atomic E-state index is 13.4. The van der Waals surface area contributed by atoms with Gasteiger partial charge in [-0.2, -0.15) is 0 Å². The van der Waals surface area contributed by atoms with E-state index in [4.69, 9.17) is 9.47 Å². The lowest BCUT2D eigenvalue weighted by atomic mass is 10.1. The number of carbonyl (C=O) groups is 1. The predicted octanol–water partition coefficient (Wildman–Crippen LogP) is 5.64. The van der Waals surface area contributed by atoms with Gasteiger partial charge in [-0.15, -0.1) is 0 Å². The number of urea groups is 1. The van der Waals surface area contributed by atoms with E-state index in [0.29, 0.717) is 28.6 Å². The first-order valence-corrected chi connectivity index (χ1v) is 9.25. The molecular weight excluding hydrogens is 385 g/mol. The van der Waals surface area contributed by atoms with Crippen molar-refractivity contribution in [2.75, 3.05) is 24.9 Å². The molecular formula is C23H20FN3O3. The summed E-state index contributed by atoms with van der Waals surface area (Å²) in [5, 5.41) is 6.55. The van der Waals surface area contributed by atoms with Gasteiger partial charge >= 0.3 is 6.03 Å². The van der Waals surface area contributed by atoms with Crippen LogP contribution < -0.4 is 20.1 Å². The number of aromatic nitrogens is 1. The summed E-state index contributed by atoms with van der Waals surface area (Å²) in [6, 6.07) is 18.4. The van der Waals surface area contributed by atoms with Gasteiger partial charge in [0, 0.05) is 40.4 Å². The number of fused-ring (bicyclic) bond motifs is 1. The second-order valence-corrected chi connectivity index (χ2v) is 6.61. The highest BCUT2D eigenvalue weighted by Crippen LogP contribution is 2.35. The van der Waals surface area contributed by atoms with Gasteiger partial charge in [0.1, 0.15) is 17.3 Å². The quantitative estimate of drug-likeness (QED) is 0.402. The molecule has 1 heterocycles. The number of halogens is 1. The number of aromatic amines is 1. The monoisotopic (exact) mass is 405 g/mol. The third-order valence-electron chi connectivity index (χ3n) is 4.69. The van der Waals surface area contributed by atoms with Gasteiger partial charge in [0.2, 0.25) is 0 Å². The molecule has 6 nitrogen and oxygen atoms in total. The molecule has 0 atom stereocenters. The van der Waals surface area contributed by atoms with Crippen LogP contribution in [0.5, 0.6) is 11.5 Å². The van der Waals surface area contributed by atoms with E-state index in [1.165, 1.54) is 12.1 Å². The fraction of sp³-hybridized carbons (Fsp3) is 0.0870. The number of hydrogen-bond donors (Lipinski definition) is 3. The SMILES string of the molecule is COc1cc(NC(=O)Nc2c(-c3ccc(F)cc3)[nH]c3ccccc23)cc(OC)c1. The van der Waals surface area contributed by atoms with Gasteiger partial charge < -0.3 is 25.1 Å². The standard InChI is InChI=1S/C23H20FN3O3/c1-29-17-11-16(12-18(13-17)30-2)25-23(28)27-22-19-5-3-4-6-20(19)26-21(22)14-7-9-15(24)10-8-14/h3-13,26H,1-2H3,(H2,25,27,28). The zero-order valence-corrected chi connectivity index (χ0v) is 16.5. The van der Waals surface area contributed by atoms with Crippen molar-refractivity contribution < 1.29 is 18.7 Å². The van der Waals surface area contributed by atoms with Crippen LogP contribution in [0.2, 0.25) is 0 Å². The van der Waals surface area contributed by atoms with Crippen LogP contribution in [-0.2, 0) is 0 Å². The highest BCUT2D eigenvalue weighted by molar-refractivity contribution is 6.10. The lowest BCUT2D eigenvalue weighted by molar-refractivity contribution is 0.262. The molecule has 0 saturated carbocycles. The van der Waals surface area contributed by atoms with E-state index in [0.717, 1.165) is 16.5 Å². The number of H-pyrrole nitrogens is 1. The highest BCUT2D eigenvalue weighted by atomic mass is 19.1. The van der Waals surface area contributed by atoms with Crippen molar-refractivity contribution in [3.63, 3.8) is 0 Å². The van der Waals surface area contributed by atoms with Crippen molar-refractivity contribution in [3.05, 3.63) is 72.5 Å². The van der Waals surface area contributed by atoms with Crippen molar-refractivity contribution in [2.24, 2.45) is 0 Å². The second-order valence-electron chi connectivity index (χ2n) is 6.61. The Morgan fingerprint density at radius 1 is 0.900 bits per heavy atom. The van der Waals surface area contributed by atoms with Crippen LogP contribution in [0.15, 0.2) is 66.7 Å². The predicted molar refractivity (Wildman–Crippen MR) is 116 cm³/mol. The van der Waals surface area contributed by atoms with Crippen molar-refractivity contribution in [1.82, 2.24) is 4.98 Å². The van der Waals surface area contributed by atoms with Crippen molar-refractivity contribution in [2.45, 2.75) is 0 Å². The number of ether oxygens (including phenoxy) is 2. The molecule has 0 bridgehead atoms. The summed E-state index contributed by atoms with van der Waals surface area (Å²) in [6.45, 7) is 0. The number of hydrogen-bond acceptors (Lipinski definition) is 3. The summed E-state index contributed by atoms with van der Waals surface area (Å²) < 4.78 is 23.9. The Hall–Kier alpha value is -4.00. The number of anilines is 2. The summed E-state index contributed by atoms with van der Waals surface area (Å²) in [5.41, 5.74) is 3.42. The smallest absolute Gasteiger partial charge is 0.323 e. The first kappa shape index (κ1) is 19.3. The van der Waals surface area contributed by atoms with Gasteiger partial charge in [-0.05, 0) is 30.3 Å². The zero-order valence-electron chi connectivity index (χ0n) is 16.5.